The SMILES string of the molecule is CCc1cc(NCc2nccc(N)n2)nc(-c2ccncc2)n1. The maximum absolute atomic E-state index is 5.66. The molecule has 3 N–H and O–H groups in total. The van der Waals surface area contributed by atoms with E-state index in [0.717, 1.165) is 23.5 Å². The highest BCUT2D eigenvalue weighted by atomic mass is 15.1. The first kappa shape index (κ1) is 14.8. The van der Waals surface area contributed by atoms with Crippen LogP contribution in [0.1, 0.15) is 18.4 Å². The number of nitrogens with one attached hydrogen (secondary N) is 1. The fraction of sp³-hybridized carbons (Fsp3) is 0.188. The third-order valence-electron chi connectivity index (χ3n) is 3.23. The topological polar surface area (TPSA) is 102 Å². The van der Waals surface area contributed by atoms with Crippen LogP contribution in [-0.2, 0) is 13.0 Å². The van der Waals surface area contributed by atoms with E-state index in [4.69, 9.17) is 5.73 Å². The van der Waals surface area contributed by atoms with Gasteiger partial charge in [0, 0.05) is 35.9 Å². The molecule has 0 saturated heterocycles. The maximum atomic E-state index is 5.66. The molecule has 23 heavy (non-hydrogen) atoms. The van der Waals surface area contributed by atoms with E-state index in [0.29, 0.717) is 24.0 Å². The molecule has 7 heteroatoms. The van der Waals surface area contributed by atoms with E-state index >= 15 is 0 Å². The van der Waals surface area contributed by atoms with E-state index in [1.807, 2.05) is 18.2 Å². The number of rotatable bonds is 5. The van der Waals surface area contributed by atoms with Crippen LogP contribution in [0.15, 0.2) is 42.9 Å². The van der Waals surface area contributed by atoms with E-state index in [2.05, 4.69) is 37.2 Å². The van der Waals surface area contributed by atoms with Gasteiger partial charge in [-0.25, -0.2) is 19.9 Å². The van der Waals surface area contributed by atoms with Crippen LogP contribution in [0.25, 0.3) is 11.4 Å². The zero-order chi connectivity index (χ0) is 16.1. The van der Waals surface area contributed by atoms with Crippen LogP contribution in [0.3, 0.4) is 0 Å². The molecule has 0 aliphatic rings. The number of anilines is 2. The van der Waals surface area contributed by atoms with Gasteiger partial charge in [0.15, 0.2) is 5.82 Å². The first-order valence-electron chi connectivity index (χ1n) is 7.34. The Morgan fingerprint density at radius 3 is 2.61 bits per heavy atom. The Kier molecular flexibility index (Phi) is 4.37. The highest BCUT2D eigenvalue weighted by Crippen LogP contribution is 2.17. The molecule has 3 aromatic heterocycles. The number of nitrogens with zero attached hydrogens (tertiary/aromatic N) is 5. The van der Waals surface area contributed by atoms with Gasteiger partial charge < -0.3 is 11.1 Å². The van der Waals surface area contributed by atoms with Crippen molar-refractivity contribution in [2.75, 3.05) is 11.1 Å². The van der Waals surface area contributed by atoms with Crippen molar-refractivity contribution >= 4 is 11.6 Å². The minimum Gasteiger partial charge on any atom is -0.384 e. The lowest BCUT2D eigenvalue weighted by molar-refractivity contribution is 0.935. The van der Waals surface area contributed by atoms with Crippen LogP contribution in [0, 0.1) is 0 Å². The molecule has 0 aliphatic carbocycles. The number of nitrogens with two attached hydrogens (primary N) is 1. The van der Waals surface area contributed by atoms with Gasteiger partial charge in [-0.3, -0.25) is 4.98 Å². The van der Waals surface area contributed by atoms with Gasteiger partial charge >= 0.3 is 0 Å². The van der Waals surface area contributed by atoms with Gasteiger partial charge in [-0.05, 0) is 24.6 Å². The van der Waals surface area contributed by atoms with Gasteiger partial charge in [0.1, 0.15) is 17.5 Å². The van der Waals surface area contributed by atoms with Crippen LogP contribution < -0.4 is 11.1 Å². The summed E-state index contributed by atoms with van der Waals surface area (Å²) in [7, 11) is 0. The Bertz CT molecular complexity index is 789. The summed E-state index contributed by atoms with van der Waals surface area (Å²) in [5.41, 5.74) is 7.55. The summed E-state index contributed by atoms with van der Waals surface area (Å²) in [6, 6.07) is 7.36. The van der Waals surface area contributed by atoms with Gasteiger partial charge in [0.05, 0.1) is 6.54 Å². The van der Waals surface area contributed by atoms with Crippen molar-refractivity contribution in [1.29, 1.82) is 0 Å². The summed E-state index contributed by atoms with van der Waals surface area (Å²) in [4.78, 5) is 21.5. The van der Waals surface area contributed by atoms with Gasteiger partial charge in [0.25, 0.3) is 0 Å². The molecule has 0 amide bonds. The number of aromatic nitrogens is 5. The molecular weight excluding hydrogens is 290 g/mol. The van der Waals surface area contributed by atoms with Gasteiger partial charge in [-0.2, -0.15) is 0 Å². The van der Waals surface area contributed by atoms with Gasteiger partial charge in [-0.15, -0.1) is 0 Å². The van der Waals surface area contributed by atoms with Crippen LogP contribution in [0.5, 0.6) is 0 Å². The molecule has 0 aromatic carbocycles. The summed E-state index contributed by atoms with van der Waals surface area (Å²) >= 11 is 0. The molecule has 3 rings (SSSR count). The van der Waals surface area contributed by atoms with E-state index in [1.165, 1.54) is 0 Å². The average molecular weight is 307 g/mol. The summed E-state index contributed by atoms with van der Waals surface area (Å²) in [5, 5.41) is 3.23. The van der Waals surface area contributed by atoms with E-state index in [1.54, 1.807) is 24.7 Å². The lowest BCUT2D eigenvalue weighted by Gasteiger charge is -2.09. The molecule has 0 bridgehead atoms. The van der Waals surface area contributed by atoms with Crippen LogP contribution in [0.2, 0.25) is 0 Å². The number of nitrogen functional groups attached to an aromatic ring is 1. The molecule has 0 saturated carbocycles. The molecule has 0 unspecified atom stereocenters. The Balaban J connectivity index is 1.84. The second kappa shape index (κ2) is 6.78. The zero-order valence-electron chi connectivity index (χ0n) is 12.8. The van der Waals surface area contributed by atoms with Crippen molar-refractivity contribution in [1.82, 2.24) is 24.9 Å². The highest BCUT2D eigenvalue weighted by molar-refractivity contribution is 5.56. The molecule has 3 heterocycles. The van der Waals surface area contributed by atoms with Crippen molar-refractivity contribution in [2.24, 2.45) is 0 Å². The lowest BCUT2D eigenvalue weighted by Crippen LogP contribution is -2.08. The molecular formula is C16H17N7. The molecule has 0 radical (unpaired) electrons. The molecule has 116 valence electrons. The quantitative estimate of drug-likeness (QED) is 0.744. The summed E-state index contributed by atoms with van der Waals surface area (Å²) in [6.45, 7) is 2.50. The first-order valence-corrected chi connectivity index (χ1v) is 7.34. The minimum absolute atomic E-state index is 0.445. The van der Waals surface area contributed by atoms with Crippen molar-refractivity contribution in [2.45, 2.75) is 19.9 Å². The maximum Gasteiger partial charge on any atom is 0.161 e. The highest BCUT2D eigenvalue weighted by Gasteiger charge is 2.07. The largest absolute Gasteiger partial charge is 0.384 e. The van der Waals surface area contributed by atoms with Gasteiger partial charge in [0.2, 0.25) is 0 Å². The van der Waals surface area contributed by atoms with Crippen molar-refractivity contribution in [3.63, 3.8) is 0 Å². The first-order chi connectivity index (χ1) is 11.2. The number of aryl methyl sites for hydroxylation is 1. The number of hydrogen-bond acceptors (Lipinski definition) is 7. The monoisotopic (exact) mass is 307 g/mol. The summed E-state index contributed by atoms with van der Waals surface area (Å²) < 4.78 is 0. The van der Waals surface area contributed by atoms with Crippen LogP contribution >= 0.6 is 0 Å². The minimum atomic E-state index is 0.445. The van der Waals surface area contributed by atoms with Crippen molar-refractivity contribution in [3.05, 3.63) is 54.4 Å². The smallest absolute Gasteiger partial charge is 0.161 e. The standard InChI is InChI=1S/C16H17N7/c1-2-12-9-14(20-10-15-19-8-5-13(17)22-15)23-16(21-12)11-3-6-18-7-4-11/h3-9H,2,10H2,1H3,(H2,17,19,22)(H,20,21,23). The Hall–Kier alpha value is -3.09. The molecule has 0 fully saturated rings. The Morgan fingerprint density at radius 2 is 1.87 bits per heavy atom. The average Bonchev–Trinajstić information content (AvgIpc) is 2.60. The number of hydrogen-bond donors (Lipinski definition) is 2. The fourth-order valence-electron chi connectivity index (χ4n) is 2.07. The van der Waals surface area contributed by atoms with E-state index < -0.39 is 0 Å². The Morgan fingerprint density at radius 1 is 1.04 bits per heavy atom. The van der Waals surface area contributed by atoms with Crippen molar-refractivity contribution < 1.29 is 0 Å². The third-order valence-corrected chi connectivity index (χ3v) is 3.23. The van der Waals surface area contributed by atoms with Crippen LogP contribution in [0.4, 0.5) is 11.6 Å². The van der Waals surface area contributed by atoms with E-state index in [-0.39, 0.29) is 0 Å². The second-order valence-electron chi connectivity index (χ2n) is 4.91. The molecule has 3 aromatic rings. The fourth-order valence-corrected chi connectivity index (χ4v) is 2.07. The third kappa shape index (κ3) is 3.76. The van der Waals surface area contributed by atoms with E-state index in [9.17, 15) is 0 Å². The van der Waals surface area contributed by atoms with Crippen molar-refractivity contribution in [3.8, 4) is 11.4 Å². The van der Waals surface area contributed by atoms with Gasteiger partial charge in [-0.1, -0.05) is 6.92 Å². The lowest BCUT2D eigenvalue weighted by atomic mass is 10.2. The Labute approximate surface area is 134 Å². The summed E-state index contributed by atoms with van der Waals surface area (Å²) in [5.74, 6) is 2.47. The summed E-state index contributed by atoms with van der Waals surface area (Å²) in [6.07, 6.45) is 5.92. The molecule has 0 aliphatic heterocycles. The normalized spacial score (nSPS) is 10.5. The molecule has 7 nitrogen and oxygen atoms in total. The predicted octanol–water partition coefficient (Wildman–Crippen LogP) is 2.09. The zero-order valence-corrected chi connectivity index (χ0v) is 12.8. The predicted molar refractivity (Wildman–Crippen MR) is 88.4 cm³/mol. The molecule has 0 spiro atoms. The van der Waals surface area contributed by atoms with Crippen LogP contribution in [-0.4, -0.2) is 24.9 Å². The second-order valence-corrected chi connectivity index (χ2v) is 4.91. The molecule has 0 atom stereocenters. The number of pyridine rings is 1.